The number of nitrogens with zero attached hydrogens (tertiary/aromatic N) is 5. The third kappa shape index (κ3) is 4.64. The predicted molar refractivity (Wildman–Crippen MR) is 145 cm³/mol. The third-order valence-electron chi connectivity index (χ3n) is 8.39. The second-order valence-corrected chi connectivity index (χ2v) is 10.6. The molecule has 0 spiro atoms. The number of pyridine rings is 2. The zero-order chi connectivity index (χ0) is 26.3. The van der Waals surface area contributed by atoms with Gasteiger partial charge in [-0.25, -0.2) is 9.37 Å². The molecule has 2 fully saturated rings. The Labute approximate surface area is 218 Å². The van der Waals surface area contributed by atoms with E-state index in [1.54, 1.807) is 29.8 Å². The minimum atomic E-state index is -0.0939. The monoisotopic (exact) mass is 501 g/mol. The molecular formula is C30H36FN5O. The zero-order valence-electron chi connectivity index (χ0n) is 22.2. The maximum absolute atomic E-state index is 15.4. The van der Waals surface area contributed by atoms with E-state index in [4.69, 9.17) is 0 Å². The lowest BCUT2D eigenvalue weighted by Gasteiger charge is -2.50. The number of halogens is 1. The van der Waals surface area contributed by atoms with Crippen molar-refractivity contribution in [3.05, 3.63) is 69.4 Å². The van der Waals surface area contributed by atoms with E-state index >= 15 is 4.39 Å². The highest BCUT2D eigenvalue weighted by atomic mass is 19.1. The van der Waals surface area contributed by atoms with Crippen LogP contribution in [-0.2, 0) is 7.05 Å². The zero-order valence-corrected chi connectivity index (χ0v) is 22.2. The number of hydrogen-bond acceptors (Lipinski definition) is 5. The third-order valence-corrected chi connectivity index (χ3v) is 8.39. The number of rotatable bonds is 7. The Morgan fingerprint density at radius 2 is 1.84 bits per heavy atom. The first kappa shape index (κ1) is 25.4. The van der Waals surface area contributed by atoms with E-state index in [1.807, 2.05) is 12.1 Å². The molecule has 2 aromatic heterocycles. The van der Waals surface area contributed by atoms with Crippen LogP contribution in [0.1, 0.15) is 81.7 Å². The van der Waals surface area contributed by atoms with E-state index in [0.29, 0.717) is 23.7 Å². The first-order valence-corrected chi connectivity index (χ1v) is 13.6. The average Bonchev–Trinajstić information content (AvgIpc) is 3.77. The molecule has 1 aromatic carbocycles. The van der Waals surface area contributed by atoms with Gasteiger partial charge in [-0.3, -0.25) is 9.69 Å². The molecule has 7 heteroatoms. The minimum Gasteiger partial charge on any atom is -0.364 e. The van der Waals surface area contributed by atoms with Gasteiger partial charge in [-0.2, -0.15) is 5.26 Å². The Morgan fingerprint density at radius 3 is 2.46 bits per heavy atom. The Bertz CT molecular complexity index is 1410. The standard InChI is InChI=1S/C30H36FN5O/c1-5-22-18-36(28-15-29(37)34(4)27-13-11-21(16-32)33-30(27)28)23(6-2)17-35(22)26(7-3)24-12-10-20(14-25(24)31)19-8-9-19/h10-15,19,22-23,26H,5-9,17-18H2,1-4H3/t22-,23+,26?/m1/s1. The van der Waals surface area contributed by atoms with Crippen LogP contribution >= 0.6 is 0 Å². The van der Waals surface area contributed by atoms with E-state index in [9.17, 15) is 10.1 Å². The highest BCUT2D eigenvalue weighted by Crippen LogP contribution is 2.42. The highest BCUT2D eigenvalue weighted by Gasteiger charge is 2.38. The number of hydrogen-bond donors (Lipinski definition) is 0. The lowest BCUT2D eigenvalue weighted by molar-refractivity contribution is 0.0880. The lowest BCUT2D eigenvalue weighted by atomic mass is 9.93. The smallest absolute Gasteiger partial charge is 0.252 e. The quantitative estimate of drug-likeness (QED) is 0.418. The molecule has 3 heterocycles. The summed E-state index contributed by atoms with van der Waals surface area (Å²) in [5, 5.41) is 9.47. The van der Waals surface area contributed by atoms with Gasteiger partial charge in [-0.15, -0.1) is 0 Å². The van der Waals surface area contributed by atoms with Crippen LogP contribution in [0, 0.1) is 17.1 Å². The molecule has 5 rings (SSSR count). The highest BCUT2D eigenvalue weighted by molar-refractivity contribution is 5.89. The van der Waals surface area contributed by atoms with Gasteiger partial charge in [0.1, 0.15) is 23.1 Å². The maximum atomic E-state index is 15.4. The summed E-state index contributed by atoms with van der Waals surface area (Å²) in [7, 11) is 1.74. The summed E-state index contributed by atoms with van der Waals surface area (Å²) < 4.78 is 17.0. The van der Waals surface area contributed by atoms with Gasteiger partial charge in [-0.05, 0) is 61.8 Å². The van der Waals surface area contributed by atoms with Crippen molar-refractivity contribution >= 4 is 16.7 Å². The van der Waals surface area contributed by atoms with Gasteiger partial charge < -0.3 is 9.47 Å². The Kier molecular flexibility index (Phi) is 7.04. The summed E-state index contributed by atoms with van der Waals surface area (Å²) in [4.78, 5) is 22.3. The first-order chi connectivity index (χ1) is 17.9. The molecular weight excluding hydrogens is 465 g/mol. The predicted octanol–water partition coefficient (Wildman–Crippen LogP) is 5.65. The Hall–Kier alpha value is -3.24. The van der Waals surface area contributed by atoms with Crippen molar-refractivity contribution in [3.63, 3.8) is 0 Å². The molecule has 3 aromatic rings. The number of benzene rings is 1. The number of anilines is 1. The Balaban J connectivity index is 1.52. The van der Waals surface area contributed by atoms with Gasteiger partial charge in [0, 0.05) is 49.9 Å². The summed E-state index contributed by atoms with van der Waals surface area (Å²) >= 11 is 0. The van der Waals surface area contributed by atoms with Crippen LogP contribution in [-0.4, -0.2) is 39.6 Å². The summed E-state index contributed by atoms with van der Waals surface area (Å²) in [6.07, 6.45) is 4.94. The number of piperazine rings is 1. The Morgan fingerprint density at radius 1 is 1.08 bits per heavy atom. The molecule has 3 atom stereocenters. The van der Waals surface area contributed by atoms with Crippen molar-refractivity contribution in [1.82, 2.24) is 14.5 Å². The van der Waals surface area contributed by atoms with Crippen LogP contribution in [0.4, 0.5) is 10.1 Å². The van der Waals surface area contributed by atoms with Gasteiger partial charge in [0.05, 0.1) is 11.2 Å². The topological polar surface area (TPSA) is 65.2 Å². The van der Waals surface area contributed by atoms with E-state index in [0.717, 1.165) is 61.0 Å². The minimum absolute atomic E-state index is 0.00175. The van der Waals surface area contributed by atoms with Gasteiger partial charge in [0.25, 0.3) is 5.56 Å². The fourth-order valence-corrected chi connectivity index (χ4v) is 6.07. The van der Waals surface area contributed by atoms with Gasteiger partial charge >= 0.3 is 0 Å². The van der Waals surface area contributed by atoms with Gasteiger partial charge in [-0.1, -0.05) is 32.9 Å². The van der Waals surface area contributed by atoms with Crippen molar-refractivity contribution in [1.29, 1.82) is 5.26 Å². The number of fused-ring (bicyclic) bond motifs is 1. The molecule has 1 aliphatic heterocycles. The summed E-state index contributed by atoms with van der Waals surface area (Å²) in [6, 6.07) is 13.5. The number of aryl methyl sites for hydroxylation is 1. The summed E-state index contributed by atoms with van der Waals surface area (Å²) in [5.41, 5.74) is 4.33. The maximum Gasteiger partial charge on any atom is 0.252 e. The molecule has 0 bridgehead atoms. The molecule has 1 saturated carbocycles. The van der Waals surface area contributed by atoms with E-state index in [1.165, 1.54) is 0 Å². The molecule has 6 nitrogen and oxygen atoms in total. The van der Waals surface area contributed by atoms with Crippen LogP contribution in [0.3, 0.4) is 0 Å². The molecule has 1 aliphatic carbocycles. The summed E-state index contributed by atoms with van der Waals surface area (Å²) in [5.74, 6) is 0.441. The second-order valence-electron chi connectivity index (χ2n) is 10.6. The van der Waals surface area contributed by atoms with Crippen molar-refractivity contribution < 1.29 is 4.39 Å². The fourth-order valence-electron chi connectivity index (χ4n) is 6.07. The SMILES string of the molecule is CCC(c1ccc(C2CC2)cc1F)N1C[C@H](CC)N(c2cc(=O)n(C)c3ccc(C#N)nc23)C[C@H]1CC. The molecule has 0 N–H and O–H groups in total. The average molecular weight is 502 g/mol. The molecule has 0 radical (unpaired) electrons. The van der Waals surface area contributed by atoms with Crippen LogP contribution < -0.4 is 10.5 Å². The normalized spacial score (nSPS) is 21.2. The van der Waals surface area contributed by atoms with E-state index in [2.05, 4.69) is 47.7 Å². The van der Waals surface area contributed by atoms with Crippen LogP contribution in [0.15, 0.2) is 41.2 Å². The van der Waals surface area contributed by atoms with E-state index < -0.39 is 0 Å². The molecule has 194 valence electrons. The largest absolute Gasteiger partial charge is 0.364 e. The van der Waals surface area contributed by atoms with Crippen molar-refractivity contribution in [2.45, 2.75) is 76.9 Å². The van der Waals surface area contributed by atoms with Crippen LogP contribution in [0.5, 0.6) is 0 Å². The molecule has 37 heavy (non-hydrogen) atoms. The number of aromatic nitrogens is 2. The second kappa shape index (κ2) is 10.3. The van der Waals surface area contributed by atoms with Crippen LogP contribution in [0.2, 0.25) is 0 Å². The first-order valence-electron chi connectivity index (χ1n) is 13.6. The fraction of sp³-hybridized carbons (Fsp3) is 0.500. The van der Waals surface area contributed by atoms with Gasteiger partial charge in [0.15, 0.2) is 0 Å². The van der Waals surface area contributed by atoms with Gasteiger partial charge in [0.2, 0.25) is 0 Å². The molecule has 1 unspecified atom stereocenters. The molecule has 0 amide bonds. The van der Waals surface area contributed by atoms with Crippen LogP contribution in [0.25, 0.3) is 11.0 Å². The molecule has 1 saturated heterocycles. The van der Waals surface area contributed by atoms with Crippen molar-refractivity contribution in [3.8, 4) is 6.07 Å². The number of nitriles is 1. The lowest BCUT2D eigenvalue weighted by Crippen LogP contribution is -2.59. The van der Waals surface area contributed by atoms with E-state index in [-0.39, 0.29) is 29.5 Å². The van der Waals surface area contributed by atoms with Crippen molar-refractivity contribution in [2.24, 2.45) is 7.05 Å². The molecule has 2 aliphatic rings. The summed E-state index contributed by atoms with van der Waals surface area (Å²) in [6.45, 7) is 7.96. The van der Waals surface area contributed by atoms with Crippen molar-refractivity contribution in [2.75, 3.05) is 18.0 Å².